The van der Waals surface area contributed by atoms with Crippen LogP contribution in [-0.2, 0) is 55.8 Å². The largest absolute Gasteiger partial charge is 0.472 e. The average Bonchev–Trinajstić information content (AvgIpc) is 0.904. The van der Waals surface area contributed by atoms with Gasteiger partial charge >= 0.3 is 33.6 Å². The Labute approximate surface area is 687 Å². The smallest absolute Gasteiger partial charge is 0.463 e. The molecule has 0 saturated carbocycles. The van der Waals surface area contributed by atoms with Gasteiger partial charge in [0.25, 0.3) is 0 Å². The zero-order chi connectivity index (χ0) is 82.2. The van der Waals surface area contributed by atoms with Crippen LogP contribution in [0.15, 0.2) is 182 Å². The highest BCUT2D eigenvalue weighted by atomic mass is 31.2. The molecule has 644 valence electrons. The number of hydrogen-bond acceptors (Lipinski definition) is 14. The van der Waals surface area contributed by atoms with Crippen LogP contribution in [0.4, 0.5) is 0 Å². The van der Waals surface area contributed by atoms with E-state index in [9.17, 15) is 43.5 Å². The second-order valence-electron chi connectivity index (χ2n) is 28.9. The number of hydrogen-bond donors (Lipinski definition) is 4. The second kappa shape index (κ2) is 86.0. The number of allylic oxidation sites excluding steroid dienone is 30. The molecule has 4 N–H and O–H groups in total. The Morgan fingerprint density at radius 2 is 0.442 bits per heavy atom. The molecule has 0 heterocycles. The molecule has 0 radical (unpaired) electrons. The first-order chi connectivity index (χ1) is 55.2. The van der Waals surface area contributed by atoms with Crippen LogP contribution in [0.5, 0.6) is 0 Å². The van der Waals surface area contributed by atoms with Crippen molar-refractivity contribution in [3.05, 3.63) is 182 Å². The van der Waals surface area contributed by atoms with E-state index in [0.29, 0.717) is 19.3 Å². The molecule has 5 unspecified atom stereocenters. The van der Waals surface area contributed by atoms with Gasteiger partial charge < -0.3 is 34.2 Å². The normalized spacial score (nSPS) is 14.7. The summed E-state index contributed by atoms with van der Waals surface area (Å²) >= 11 is 0. The van der Waals surface area contributed by atoms with Gasteiger partial charge in [-0.25, -0.2) is 9.13 Å². The number of carbonyl (C=O) groups is 3. The van der Waals surface area contributed by atoms with Gasteiger partial charge in [-0.15, -0.1) is 0 Å². The summed E-state index contributed by atoms with van der Waals surface area (Å²) in [5, 5.41) is 20.7. The fourth-order valence-corrected chi connectivity index (χ4v) is 13.1. The summed E-state index contributed by atoms with van der Waals surface area (Å²) in [6.45, 7) is 2.32. The first-order valence-corrected chi connectivity index (χ1v) is 47.1. The van der Waals surface area contributed by atoms with Crippen molar-refractivity contribution in [2.45, 2.75) is 360 Å². The first kappa shape index (κ1) is 108. The highest BCUT2D eigenvalue weighted by Crippen LogP contribution is 2.45. The lowest BCUT2D eigenvalue weighted by atomic mass is 10.0. The van der Waals surface area contributed by atoms with Gasteiger partial charge in [0.05, 0.1) is 26.4 Å². The molecule has 0 aliphatic carbocycles. The summed E-state index contributed by atoms with van der Waals surface area (Å²) in [7, 11) is -9.81. The second-order valence-corrected chi connectivity index (χ2v) is 31.8. The van der Waals surface area contributed by atoms with Crippen molar-refractivity contribution in [2.24, 2.45) is 0 Å². The van der Waals surface area contributed by atoms with Crippen molar-refractivity contribution >= 4 is 33.6 Å². The Hall–Kier alpha value is -5.35. The topological polar surface area (TPSA) is 231 Å². The maximum atomic E-state index is 13.0. The number of aliphatic hydroxyl groups is 2. The van der Waals surface area contributed by atoms with Crippen LogP contribution < -0.4 is 0 Å². The van der Waals surface area contributed by atoms with Crippen LogP contribution >= 0.6 is 15.6 Å². The number of esters is 3. The van der Waals surface area contributed by atoms with Gasteiger partial charge in [-0.2, -0.15) is 0 Å². The standard InChI is InChI=1S/C95H158O16P2/c1-4-7-10-13-16-19-22-25-28-30-32-34-36-38-40-41-42-43-44-45-46-47-49-51-52-54-56-58-61-63-66-69-72-75-78-81-93(98)105-84-90(96)85-107-112(101,102)108-86-91(97)87-109-113(103,104)110-89-92(111-95(100)83-80-77-74-71-68-65-60-27-24-21-18-15-12-9-6-3)88-106-94(99)82-79-76-73-70-67-64-62-59-57-55-53-50-48-39-37-35-33-31-29-26-23-20-17-14-11-8-5-2/h7-12,16-21,25-29,32-35,38-40,42-43,48,53,55,60,90-92,96-97H,4-6,13-15,22-24,30-31,36-37,41,44-47,49-52,54,56-59,61-89H2,1-3H3,(H,101,102)(H,103,104)/b10-7-,11-8-,12-9-,19-16-,20-17-,21-18-,28-25-,29-26-,34-32-,35-33-,40-38-,43-42-,48-39-,55-53-,60-27-. The average molecular weight is 1620 g/mol. The predicted octanol–water partition coefficient (Wildman–Crippen LogP) is 26.9. The van der Waals surface area contributed by atoms with E-state index >= 15 is 0 Å². The molecule has 0 saturated heterocycles. The van der Waals surface area contributed by atoms with Crippen molar-refractivity contribution < 1.29 is 75.8 Å². The molecule has 0 bridgehead atoms. The third-order valence-electron chi connectivity index (χ3n) is 18.1. The first-order valence-electron chi connectivity index (χ1n) is 44.1. The number of aliphatic hydroxyl groups excluding tert-OH is 2. The van der Waals surface area contributed by atoms with E-state index in [1.54, 1.807) is 0 Å². The highest BCUT2D eigenvalue weighted by Gasteiger charge is 2.29. The number of phosphoric acid groups is 2. The van der Waals surface area contributed by atoms with Gasteiger partial charge in [-0.1, -0.05) is 351 Å². The minimum atomic E-state index is -4.95. The number of rotatable bonds is 82. The number of carbonyl (C=O) groups excluding carboxylic acids is 3. The maximum Gasteiger partial charge on any atom is 0.472 e. The summed E-state index contributed by atoms with van der Waals surface area (Å²) < 4.78 is 61.3. The molecule has 0 aromatic rings. The van der Waals surface area contributed by atoms with Crippen molar-refractivity contribution in [1.29, 1.82) is 0 Å². The molecule has 16 nitrogen and oxygen atoms in total. The van der Waals surface area contributed by atoms with Gasteiger partial charge in [0.2, 0.25) is 0 Å². The van der Waals surface area contributed by atoms with E-state index in [2.05, 4.69) is 203 Å². The summed E-state index contributed by atoms with van der Waals surface area (Å²) in [4.78, 5) is 58.8. The monoisotopic (exact) mass is 1620 g/mol. The van der Waals surface area contributed by atoms with E-state index in [4.69, 9.17) is 32.3 Å². The Morgan fingerprint density at radius 3 is 0.699 bits per heavy atom. The van der Waals surface area contributed by atoms with E-state index in [-0.39, 0.29) is 19.3 Å². The molecule has 0 aliphatic heterocycles. The van der Waals surface area contributed by atoms with Gasteiger partial charge in [0.15, 0.2) is 6.10 Å². The van der Waals surface area contributed by atoms with Gasteiger partial charge in [-0.05, 0) is 154 Å². The number of unbranched alkanes of at least 4 members (excludes halogenated alkanes) is 29. The predicted molar refractivity (Wildman–Crippen MR) is 472 cm³/mol. The Bertz CT molecular complexity index is 2780. The fraction of sp³-hybridized carbons (Fsp3) is 0.653. The third kappa shape index (κ3) is 87.3. The lowest BCUT2D eigenvalue weighted by Crippen LogP contribution is -2.30. The van der Waals surface area contributed by atoms with Crippen LogP contribution in [0.3, 0.4) is 0 Å². The molecule has 0 fully saturated rings. The number of ether oxygens (including phenoxy) is 3. The van der Waals surface area contributed by atoms with Crippen molar-refractivity contribution in [3.8, 4) is 0 Å². The highest BCUT2D eigenvalue weighted by molar-refractivity contribution is 7.47. The minimum Gasteiger partial charge on any atom is -0.463 e. The Balaban J connectivity index is 4.47. The van der Waals surface area contributed by atoms with Crippen molar-refractivity contribution in [1.82, 2.24) is 0 Å². The van der Waals surface area contributed by atoms with Crippen molar-refractivity contribution in [3.63, 3.8) is 0 Å². The van der Waals surface area contributed by atoms with Gasteiger partial charge in [-0.3, -0.25) is 32.5 Å². The Morgan fingerprint density at radius 1 is 0.248 bits per heavy atom. The van der Waals surface area contributed by atoms with E-state index < -0.39 is 91.5 Å². The molecule has 113 heavy (non-hydrogen) atoms. The molecular weight excluding hydrogens is 1460 g/mol. The van der Waals surface area contributed by atoms with Crippen LogP contribution in [0, 0.1) is 0 Å². The molecule has 0 rings (SSSR count). The molecule has 0 aromatic heterocycles. The number of phosphoric ester groups is 2. The van der Waals surface area contributed by atoms with Crippen LogP contribution in [0.1, 0.15) is 342 Å². The SMILES string of the molecule is CC/C=C\C/C=C\C/C=C\C/C=C\C/C=C\C/C=C\CCCCCCCCCCCCCCCCCCC(=O)OCC(O)COP(=O)(O)OCC(O)COP(=O)(O)OCC(COC(=O)CCCCCCCCCC/C=C\C/C=C\C/C=C\C/C=C\C/C=C\C/C=C\CC)OC(=O)CCCCCCC/C=C\C/C=C\C/C=C\CC. The van der Waals surface area contributed by atoms with Gasteiger partial charge in [0.1, 0.15) is 25.4 Å². The lowest BCUT2D eigenvalue weighted by Gasteiger charge is -2.21. The van der Waals surface area contributed by atoms with Crippen molar-refractivity contribution in [2.75, 3.05) is 39.6 Å². The zero-order valence-electron chi connectivity index (χ0n) is 70.7. The van der Waals surface area contributed by atoms with E-state index in [1.807, 2.05) is 0 Å². The summed E-state index contributed by atoms with van der Waals surface area (Å²) in [6, 6.07) is 0. The molecule has 0 amide bonds. The van der Waals surface area contributed by atoms with E-state index in [0.717, 1.165) is 193 Å². The maximum absolute atomic E-state index is 13.0. The minimum absolute atomic E-state index is 0.0782. The summed E-state index contributed by atoms with van der Waals surface area (Å²) in [5.41, 5.74) is 0. The fourth-order valence-electron chi connectivity index (χ4n) is 11.5. The third-order valence-corrected chi connectivity index (χ3v) is 20.0. The quantitative estimate of drug-likeness (QED) is 0.0146. The molecule has 5 atom stereocenters. The van der Waals surface area contributed by atoms with Crippen LogP contribution in [-0.4, -0.2) is 95.9 Å². The van der Waals surface area contributed by atoms with Crippen LogP contribution in [0.25, 0.3) is 0 Å². The Kier molecular flexibility index (Phi) is 81.9. The lowest BCUT2D eigenvalue weighted by molar-refractivity contribution is -0.161. The molecule has 0 spiro atoms. The summed E-state index contributed by atoms with van der Waals surface area (Å²) in [5.74, 6) is -1.60. The van der Waals surface area contributed by atoms with Crippen LogP contribution in [0.2, 0.25) is 0 Å². The zero-order valence-corrected chi connectivity index (χ0v) is 72.5. The summed E-state index contributed by atoms with van der Waals surface area (Å²) in [6.07, 6.45) is 112. The molecule has 0 aromatic carbocycles. The molecule has 0 aliphatic rings. The molecule has 18 heteroatoms. The van der Waals surface area contributed by atoms with E-state index in [1.165, 1.54) is 89.9 Å². The molecular formula is C95H158O16P2. The van der Waals surface area contributed by atoms with Gasteiger partial charge in [0, 0.05) is 19.3 Å².